The zero-order valence-corrected chi connectivity index (χ0v) is 12.9. The van der Waals surface area contributed by atoms with Crippen LogP contribution in [0.1, 0.15) is 50.2 Å². The van der Waals surface area contributed by atoms with E-state index in [2.05, 4.69) is 0 Å². The van der Waals surface area contributed by atoms with Gasteiger partial charge in [-0.3, -0.25) is 0 Å². The number of rotatable bonds is 4. The molecule has 0 aliphatic heterocycles. The van der Waals surface area contributed by atoms with Crippen LogP contribution in [0.4, 0.5) is 0 Å². The first-order valence-electron chi connectivity index (χ1n) is 7.27. The second kappa shape index (κ2) is 7.19. The van der Waals surface area contributed by atoms with Crippen LogP contribution in [-0.4, -0.2) is 19.3 Å². The summed E-state index contributed by atoms with van der Waals surface area (Å²) >= 11 is 6.30. The molecule has 0 amide bonds. The zero-order valence-electron chi connectivity index (χ0n) is 12.2. The third-order valence-corrected chi connectivity index (χ3v) is 4.50. The molecule has 0 radical (unpaired) electrons. The van der Waals surface area contributed by atoms with Crippen LogP contribution >= 0.6 is 11.6 Å². The van der Waals surface area contributed by atoms with Gasteiger partial charge in [-0.15, -0.1) is 0 Å². The summed E-state index contributed by atoms with van der Waals surface area (Å²) in [6.07, 6.45) is 6.50. The number of hydrogen-bond acceptors (Lipinski definition) is 3. The highest BCUT2D eigenvalue weighted by atomic mass is 35.5. The Hall–Kier alpha value is -0.930. The maximum atomic E-state index is 10.7. The molecule has 2 rings (SSSR count). The molecule has 1 aliphatic carbocycles. The highest BCUT2D eigenvalue weighted by molar-refractivity contribution is 6.31. The van der Waals surface area contributed by atoms with Crippen molar-refractivity contribution in [2.45, 2.75) is 44.6 Å². The van der Waals surface area contributed by atoms with Crippen LogP contribution in [0.5, 0.6) is 11.5 Å². The Morgan fingerprint density at radius 1 is 1.05 bits per heavy atom. The van der Waals surface area contributed by atoms with Crippen molar-refractivity contribution >= 4 is 11.6 Å². The predicted molar refractivity (Wildman–Crippen MR) is 80.7 cm³/mol. The molecule has 3 nitrogen and oxygen atoms in total. The SMILES string of the molecule is COc1cc(Cl)c(C(O)C2CCCCCC2)cc1OC. The summed E-state index contributed by atoms with van der Waals surface area (Å²) < 4.78 is 10.5. The minimum absolute atomic E-state index is 0.285. The molecule has 1 aromatic rings. The number of benzene rings is 1. The number of halogens is 1. The minimum Gasteiger partial charge on any atom is -0.493 e. The average molecular weight is 299 g/mol. The summed E-state index contributed by atoms with van der Waals surface area (Å²) in [5, 5.41) is 11.2. The Morgan fingerprint density at radius 3 is 2.15 bits per heavy atom. The number of ether oxygens (including phenoxy) is 2. The number of methoxy groups -OCH3 is 2. The van der Waals surface area contributed by atoms with E-state index in [1.54, 1.807) is 26.4 Å². The largest absolute Gasteiger partial charge is 0.493 e. The lowest BCUT2D eigenvalue weighted by molar-refractivity contribution is 0.0986. The van der Waals surface area contributed by atoms with Crippen LogP contribution in [0.2, 0.25) is 5.02 Å². The number of aliphatic hydroxyl groups is 1. The number of hydrogen-bond donors (Lipinski definition) is 1. The van der Waals surface area contributed by atoms with E-state index in [-0.39, 0.29) is 5.92 Å². The normalized spacial score (nSPS) is 18.4. The Morgan fingerprint density at radius 2 is 1.60 bits per heavy atom. The molecule has 4 heteroatoms. The maximum absolute atomic E-state index is 10.7. The Balaban J connectivity index is 2.26. The molecule has 1 unspecified atom stereocenters. The summed E-state index contributed by atoms with van der Waals surface area (Å²) in [5.74, 6) is 1.49. The molecule has 1 atom stereocenters. The molecule has 112 valence electrons. The minimum atomic E-state index is -0.527. The van der Waals surface area contributed by atoms with Crippen molar-refractivity contribution in [2.24, 2.45) is 5.92 Å². The van der Waals surface area contributed by atoms with Gasteiger partial charge in [0, 0.05) is 11.6 Å². The van der Waals surface area contributed by atoms with E-state index in [0.717, 1.165) is 18.4 Å². The van der Waals surface area contributed by atoms with E-state index < -0.39 is 6.10 Å². The monoisotopic (exact) mass is 298 g/mol. The summed E-state index contributed by atoms with van der Waals surface area (Å²) in [6, 6.07) is 3.52. The fourth-order valence-electron chi connectivity index (χ4n) is 2.98. The Labute approximate surface area is 125 Å². The molecular formula is C16H23ClO3. The van der Waals surface area contributed by atoms with Gasteiger partial charge in [-0.05, 0) is 24.8 Å². The van der Waals surface area contributed by atoms with Gasteiger partial charge >= 0.3 is 0 Å². The van der Waals surface area contributed by atoms with Crippen LogP contribution in [0.15, 0.2) is 12.1 Å². The molecule has 0 spiro atoms. The molecule has 1 fully saturated rings. The van der Waals surface area contributed by atoms with Crippen molar-refractivity contribution < 1.29 is 14.6 Å². The number of aliphatic hydroxyl groups excluding tert-OH is 1. The van der Waals surface area contributed by atoms with E-state index in [1.807, 2.05) is 0 Å². The molecule has 0 heterocycles. The lowest BCUT2D eigenvalue weighted by atomic mass is 9.89. The first-order valence-corrected chi connectivity index (χ1v) is 7.64. The van der Waals surface area contributed by atoms with E-state index in [4.69, 9.17) is 21.1 Å². The van der Waals surface area contributed by atoms with Gasteiger partial charge in [0.15, 0.2) is 11.5 Å². The van der Waals surface area contributed by atoms with E-state index in [9.17, 15) is 5.11 Å². The Kier molecular flexibility index (Phi) is 5.55. The lowest BCUT2D eigenvalue weighted by Crippen LogP contribution is -2.12. The molecule has 0 saturated heterocycles. The third-order valence-electron chi connectivity index (χ3n) is 4.17. The predicted octanol–water partition coefficient (Wildman–Crippen LogP) is 4.36. The summed E-state index contributed by atoms with van der Waals surface area (Å²) in [7, 11) is 3.17. The van der Waals surface area contributed by atoms with Crippen molar-refractivity contribution in [3.05, 3.63) is 22.7 Å². The van der Waals surface area contributed by atoms with Gasteiger partial charge in [-0.25, -0.2) is 0 Å². The average Bonchev–Trinajstić information content (AvgIpc) is 2.75. The molecule has 1 saturated carbocycles. The van der Waals surface area contributed by atoms with Gasteiger partial charge in [0.25, 0.3) is 0 Å². The van der Waals surface area contributed by atoms with Crippen molar-refractivity contribution in [2.75, 3.05) is 14.2 Å². The van der Waals surface area contributed by atoms with Crippen molar-refractivity contribution in [3.8, 4) is 11.5 Å². The first kappa shape index (κ1) is 15.5. The van der Waals surface area contributed by atoms with Crippen molar-refractivity contribution in [1.82, 2.24) is 0 Å². The standard InChI is InChI=1S/C16H23ClO3/c1-19-14-9-12(13(17)10-15(14)20-2)16(18)11-7-5-3-4-6-8-11/h9-11,16,18H,3-8H2,1-2H3. The van der Waals surface area contributed by atoms with E-state index in [0.29, 0.717) is 16.5 Å². The molecule has 0 bridgehead atoms. The van der Waals surface area contributed by atoms with Gasteiger partial charge in [0.2, 0.25) is 0 Å². The maximum Gasteiger partial charge on any atom is 0.162 e. The summed E-state index contributed by atoms with van der Waals surface area (Å²) in [6.45, 7) is 0. The third kappa shape index (κ3) is 3.39. The van der Waals surface area contributed by atoms with Crippen LogP contribution < -0.4 is 9.47 Å². The van der Waals surface area contributed by atoms with Gasteiger partial charge in [-0.2, -0.15) is 0 Å². The zero-order chi connectivity index (χ0) is 14.5. The van der Waals surface area contributed by atoms with Crippen LogP contribution in [0.25, 0.3) is 0 Å². The van der Waals surface area contributed by atoms with Crippen molar-refractivity contribution in [3.63, 3.8) is 0 Å². The topological polar surface area (TPSA) is 38.7 Å². The smallest absolute Gasteiger partial charge is 0.162 e. The molecule has 0 aromatic heterocycles. The van der Waals surface area contributed by atoms with Gasteiger partial charge in [-0.1, -0.05) is 37.3 Å². The van der Waals surface area contributed by atoms with Gasteiger partial charge in [0.1, 0.15) is 0 Å². The molecule has 1 aromatic carbocycles. The molecule has 1 N–H and O–H groups in total. The van der Waals surface area contributed by atoms with Crippen molar-refractivity contribution in [1.29, 1.82) is 0 Å². The van der Waals surface area contributed by atoms with Crippen LogP contribution in [0.3, 0.4) is 0 Å². The lowest BCUT2D eigenvalue weighted by Gasteiger charge is -2.23. The van der Waals surface area contributed by atoms with E-state index in [1.165, 1.54) is 25.7 Å². The summed E-state index contributed by atoms with van der Waals surface area (Å²) in [5.41, 5.74) is 0.746. The molecule has 1 aliphatic rings. The molecule has 20 heavy (non-hydrogen) atoms. The fourth-order valence-corrected chi connectivity index (χ4v) is 3.24. The quantitative estimate of drug-likeness (QED) is 0.839. The second-order valence-electron chi connectivity index (χ2n) is 5.43. The van der Waals surface area contributed by atoms with Gasteiger partial charge < -0.3 is 14.6 Å². The first-order chi connectivity index (χ1) is 9.67. The van der Waals surface area contributed by atoms with Gasteiger partial charge in [0.05, 0.1) is 25.3 Å². The highest BCUT2D eigenvalue weighted by Gasteiger charge is 2.25. The highest BCUT2D eigenvalue weighted by Crippen LogP contribution is 2.40. The molecular weight excluding hydrogens is 276 g/mol. The second-order valence-corrected chi connectivity index (χ2v) is 5.83. The fraction of sp³-hybridized carbons (Fsp3) is 0.625. The Bertz CT molecular complexity index is 440. The van der Waals surface area contributed by atoms with E-state index >= 15 is 0 Å². The van der Waals surface area contributed by atoms with Crippen LogP contribution in [0, 0.1) is 5.92 Å². The summed E-state index contributed by atoms with van der Waals surface area (Å²) in [4.78, 5) is 0. The van der Waals surface area contributed by atoms with Crippen LogP contribution in [-0.2, 0) is 0 Å².